The molecular weight excluding hydrogens is 172 g/mol. The van der Waals surface area contributed by atoms with E-state index in [9.17, 15) is 4.79 Å². The van der Waals surface area contributed by atoms with Crippen LogP contribution in [0.5, 0.6) is 0 Å². The first-order valence-corrected chi connectivity index (χ1v) is 3.34. The van der Waals surface area contributed by atoms with Gasteiger partial charge >= 0.3 is 30.9 Å². The van der Waals surface area contributed by atoms with Gasteiger partial charge in [-0.25, -0.2) is 4.79 Å². The molecule has 0 saturated heterocycles. The van der Waals surface area contributed by atoms with Crippen molar-refractivity contribution in [3.63, 3.8) is 0 Å². The van der Waals surface area contributed by atoms with Crippen molar-refractivity contribution in [2.24, 2.45) is 0 Å². The number of hydrogen-bond acceptors (Lipinski definition) is 3. The van der Waals surface area contributed by atoms with E-state index in [0.717, 1.165) is 0 Å². The summed E-state index contributed by atoms with van der Waals surface area (Å²) in [6.07, 6.45) is -1.23. The second-order valence-electron chi connectivity index (χ2n) is 1.01. The average Bonchev–Trinajstić information content (AvgIpc) is 1.72. The van der Waals surface area contributed by atoms with Gasteiger partial charge in [0.15, 0.2) is 0 Å². The molecule has 50 valence electrons. The summed E-state index contributed by atoms with van der Waals surface area (Å²) in [6.45, 7) is 1.20. The van der Waals surface area contributed by atoms with Crippen molar-refractivity contribution in [3.8, 4) is 0 Å². The molecule has 0 saturated carbocycles. The molecule has 1 atom stereocenters. The predicted molar refractivity (Wildman–Crippen MR) is 26.9 cm³/mol. The third-order valence-corrected chi connectivity index (χ3v) is 0.357. The number of aliphatic hydroxyl groups is 1. The predicted octanol–water partition coefficient (Wildman–Crippen LogP) is 0.0975. The average molecular weight is 178 g/mol. The van der Waals surface area contributed by atoms with E-state index < -0.39 is 12.1 Å². The fourth-order valence-corrected chi connectivity index (χ4v) is 0. The Morgan fingerprint density at radius 3 is 1.88 bits per heavy atom. The van der Waals surface area contributed by atoms with Gasteiger partial charge in [-0.1, -0.05) is 0 Å². The van der Waals surface area contributed by atoms with Gasteiger partial charge in [0, 0.05) is 0 Å². The van der Waals surface area contributed by atoms with E-state index in [0.29, 0.717) is 0 Å². The van der Waals surface area contributed by atoms with E-state index in [2.05, 4.69) is 24.9 Å². The van der Waals surface area contributed by atoms with Gasteiger partial charge in [0.25, 0.3) is 0 Å². The molecule has 8 heavy (non-hydrogen) atoms. The Morgan fingerprint density at radius 2 is 1.88 bits per heavy atom. The second-order valence-corrected chi connectivity index (χ2v) is 1.01. The summed E-state index contributed by atoms with van der Waals surface area (Å²) < 4.78 is 0. The molecule has 0 aliphatic carbocycles. The standard InChI is InChI=1S/C3H6O3.Fe.S/c1-2(4)3(5)6;;/h2,4H,1H3,(H,5,6);;. The summed E-state index contributed by atoms with van der Waals surface area (Å²) in [5, 5.41) is 15.8. The van der Waals surface area contributed by atoms with Gasteiger partial charge in [-0.3, -0.25) is 0 Å². The number of carboxylic acid groups (broad SMARTS) is 1. The zero-order valence-corrected chi connectivity index (χ0v) is 6.06. The molecule has 0 heterocycles. The molecule has 1 unspecified atom stereocenters. The summed E-state index contributed by atoms with van der Waals surface area (Å²) >= 11 is 2.83. The van der Waals surface area contributed by atoms with E-state index in [4.69, 9.17) is 10.2 Å². The van der Waals surface area contributed by atoms with Crippen LogP contribution in [0.1, 0.15) is 6.92 Å². The van der Waals surface area contributed by atoms with E-state index in [-0.39, 0.29) is 0 Å². The number of rotatable bonds is 1. The summed E-state index contributed by atoms with van der Waals surface area (Å²) in [5.41, 5.74) is 0. The quantitative estimate of drug-likeness (QED) is 0.559. The van der Waals surface area contributed by atoms with Gasteiger partial charge in [0.2, 0.25) is 0 Å². The minimum atomic E-state index is -1.23. The molecule has 0 spiro atoms. The zero-order valence-electron chi connectivity index (χ0n) is 4.14. The number of aliphatic carboxylic acids is 1. The Balaban J connectivity index is 0. The molecule has 0 rings (SSSR count). The van der Waals surface area contributed by atoms with E-state index in [1.54, 1.807) is 0 Å². The molecular formula is C3H6FeO3S. The van der Waals surface area contributed by atoms with Gasteiger partial charge < -0.3 is 10.2 Å². The third-order valence-electron chi connectivity index (χ3n) is 0.357. The van der Waals surface area contributed by atoms with Crippen LogP contribution >= 0.6 is 10.6 Å². The Kier molecular flexibility index (Phi) is 9.89. The SMILES string of the molecule is CC(O)C(=O)O.[S]=[Fe]. The normalized spacial score (nSPS) is 10.9. The fraction of sp³-hybridized carbons (Fsp3) is 0.667. The summed E-state index contributed by atoms with van der Waals surface area (Å²) in [5.74, 6) is -1.19. The molecule has 0 aliphatic heterocycles. The van der Waals surface area contributed by atoms with Crippen molar-refractivity contribution in [3.05, 3.63) is 0 Å². The number of carbonyl (C=O) groups is 1. The first-order chi connectivity index (χ1) is 3.64. The first-order valence-electron chi connectivity index (χ1n) is 1.70. The van der Waals surface area contributed by atoms with Crippen LogP contribution in [0, 0.1) is 0 Å². The van der Waals surface area contributed by atoms with Crippen molar-refractivity contribution in [1.82, 2.24) is 0 Å². The Labute approximate surface area is 59.4 Å². The van der Waals surface area contributed by atoms with Gasteiger partial charge in [-0.2, -0.15) is 0 Å². The molecule has 0 bridgehead atoms. The molecule has 0 radical (unpaired) electrons. The van der Waals surface area contributed by atoms with E-state index in [1.807, 2.05) is 0 Å². The molecule has 5 heteroatoms. The summed E-state index contributed by atoms with van der Waals surface area (Å²) in [4.78, 5) is 9.45. The number of carboxylic acids is 1. The van der Waals surface area contributed by atoms with Crippen molar-refractivity contribution in [1.29, 1.82) is 0 Å². The minimum absolute atomic E-state index is 1.19. The second kappa shape index (κ2) is 7.17. The van der Waals surface area contributed by atoms with Crippen molar-refractivity contribution >= 4 is 16.5 Å². The molecule has 3 nitrogen and oxygen atoms in total. The molecule has 0 aromatic carbocycles. The molecule has 0 amide bonds. The van der Waals surface area contributed by atoms with Crippen LogP contribution in [-0.4, -0.2) is 22.3 Å². The van der Waals surface area contributed by atoms with E-state index >= 15 is 0 Å². The number of hydrogen-bond donors (Lipinski definition) is 2. The Hall–Kier alpha value is 0.169. The topological polar surface area (TPSA) is 57.5 Å². The van der Waals surface area contributed by atoms with Crippen LogP contribution in [0.25, 0.3) is 0 Å². The van der Waals surface area contributed by atoms with Crippen LogP contribution in [0.4, 0.5) is 0 Å². The molecule has 2 N–H and O–H groups in total. The molecule has 0 fully saturated rings. The molecule has 0 aromatic heterocycles. The van der Waals surface area contributed by atoms with Gasteiger partial charge in [0.05, 0.1) is 0 Å². The maximum atomic E-state index is 9.45. The van der Waals surface area contributed by atoms with Gasteiger partial charge in [-0.15, -0.1) is 0 Å². The van der Waals surface area contributed by atoms with Crippen LogP contribution in [0.3, 0.4) is 0 Å². The molecule has 0 aromatic rings. The molecule has 0 aliphatic rings. The van der Waals surface area contributed by atoms with Crippen molar-refractivity contribution < 1.29 is 29.4 Å². The van der Waals surface area contributed by atoms with Crippen LogP contribution in [0.15, 0.2) is 0 Å². The van der Waals surface area contributed by atoms with Crippen LogP contribution < -0.4 is 0 Å². The van der Waals surface area contributed by atoms with Crippen LogP contribution in [-0.2, 0) is 19.2 Å². The first kappa shape index (κ1) is 11.0. The summed E-state index contributed by atoms with van der Waals surface area (Å²) in [6, 6.07) is 0. The van der Waals surface area contributed by atoms with Crippen molar-refractivity contribution in [2.75, 3.05) is 0 Å². The Morgan fingerprint density at radius 1 is 1.75 bits per heavy atom. The monoisotopic (exact) mass is 178 g/mol. The zero-order chi connectivity index (χ0) is 7.15. The Bertz CT molecular complexity index is 74.9. The van der Waals surface area contributed by atoms with Gasteiger partial charge in [-0.05, 0) is 6.92 Å². The fourth-order valence-electron chi connectivity index (χ4n) is 0. The summed E-state index contributed by atoms with van der Waals surface area (Å²) in [7, 11) is 3.83. The number of aliphatic hydroxyl groups excluding tert-OH is 1. The van der Waals surface area contributed by atoms with Gasteiger partial charge in [0.1, 0.15) is 6.10 Å². The maximum absolute atomic E-state index is 9.45. The van der Waals surface area contributed by atoms with E-state index in [1.165, 1.54) is 6.92 Å². The van der Waals surface area contributed by atoms with Crippen LogP contribution in [0.2, 0.25) is 0 Å². The third kappa shape index (κ3) is 9.48. The van der Waals surface area contributed by atoms with Crippen molar-refractivity contribution in [2.45, 2.75) is 13.0 Å².